The first-order valence-electron chi connectivity index (χ1n) is 8.67. The Morgan fingerprint density at radius 3 is 2.08 bits per heavy atom. The van der Waals surface area contributed by atoms with Crippen molar-refractivity contribution in [2.75, 3.05) is 6.61 Å². The molecule has 0 atom stereocenters. The largest absolute Gasteiger partial charge is 0.463 e. The highest BCUT2D eigenvalue weighted by atomic mass is 31.2. The van der Waals surface area contributed by atoms with Crippen LogP contribution in [-0.2, 0) is 9.53 Å². The molecule has 2 aromatic carbocycles. The Hall–Kier alpha value is -2.31. The van der Waals surface area contributed by atoms with Crippen LogP contribution >= 0.6 is 6.89 Å². The summed E-state index contributed by atoms with van der Waals surface area (Å²) in [5.74, 6) is 1.59. The molecule has 0 N–H and O–H groups in total. The van der Waals surface area contributed by atoms with Crippen LogP contribution in [0.1, 0.15) is 19.8 Å². The van der Waals surface area contributed by atoms with Crippen LogP contribution in [0.25, 0.3) is 0 Å². The molecule has 0 saturated heterocycles. The maximum absolute atomic E-state index is 12.5. The Morgan fingerprint density at radius 2 is 1.60 bits per heavy atom. The summed E-state index contributed by atoms with van der Waals surface area (Å²) in [4.78, 5) is 12.5. The molecular formula is C22H23O2P. The molecule has 0 bridgehead atoms. The molecule has 25 heavy (non-hydrogen) atoms. The molecule has 0 radical (unpaired) electrons. The minimum atomic E-state index is -2.19. The van der Waals surface area contributed by atoms with Crippen molar-refractivity contribution in [3.05, 3.63) is 84.2 Å². The van der Waals surface area contributed by atoms with Crippen LogP contribution in [0, 0.1) is 0 Å². The zero-order chi connectivity index (χ0) is 17.5. The van der Waals surface area contributed by atoms with Crippen LogP contribution in [0.5, 0.6) is 0 Å². The molecule has 0 spiro atoms. The van der Waals surface area contributed by atoms with E-state index in [-0.39, 0.29) is 5.97 Å². The van der Waals surface area contributed by atoms with E-state index in [9.17, 15) is 4.79 Å². The first-order valence-corrected chi connectivity index (χ1v) is 10.5. The maximum Gasteiger partial charge on any atom is 0.331 e. The molecule has 2 aromatic rings. The fourth-order valence-electron chi connectivity index (χ4n) is 3.20. The molecule has 0 aliphatic heterocycles. The lowest BCUT2D eigenvalue weighted by Crippen LogP contribution is -2.22. The molecule has 0 amide bonds. The van der Waals surface area contributed by atoms with Gasteiger partial charge >= 0.3 is 5.97 Å². The highest BCUT2D eigenvalue weighted by Crippen LogP contribution is 2.54. The summed E-state index contributed by atoms with van der Waals surface area (Å²) in [5, 5.41) is 3.57. The number of ether oxygens (including phenoxy) is 1. The lowest BCUT2D eigenvalue weighted by molar-refractivity contribution is -0.134. The lowest BCUT2D eigenvalue weighted by atomic mass is 10.2. The fraction of sp³-hybridized carbons (Fsp3) is 0.182. The number of rotatable bonds is 5. The molecule has 1 aliphatic rings. The van der Waals surface area contributed by atoms with Crippen molar-refractivity contribution in [3.63, 3.8) is 0 Å². The van der Waals surface area contributed by atoms with Crippen LogP contribution in [0.15, 0.2) is 84.2 Å². The van der Waals surface area contributed by atoms with Crippen molar-refractivity contribution in [1.82, 2.24) is 0 Å². The van der Waals surface area contributed by atoms with Gasteiger partial charge in [0.2, 0.25) is 0 Å². The molecule has 0 heterocycles. The molecular weight excluding hydrogens is 327 g/mol. The SMILES string of the molecule is CCOC(=O)C=P(C1=CCCC=C1)(c1ccccc1)c1ccccc1. The zero-order valence-corrected chi connectivity index (χ0v) is 15.4. The van der Waals surface area contributed by atoms with E-state index in [1.54, 1.807) is 0 Å². The number of allylic oxidation sites excluding steroid dienone is 4. The molecule has 1 aliphatic carbocycles. The van der Waals surface area contributed by atoms with Gasteiger partial charge in [0.1, 0.15) is 0 Å². The average Bonchev–Trinajstić information content (AvgIpc) is 2.68. The van der Waals surface area contributed by atoms with Crippen LogP contribution in [0.3, 0.4) is 0 Å². The van der Waals surface area contributed by atoms with Crippen LogP contribution in [0.2, 0.25) is 0 Å². The molecule has 0 saturated carbocycles. The van der Waals surface area contributed by atoms with Gasteiger partial charge in [-0.15, -0.1) is 0 Å². The maximum atomic E-state index is 12.5. The van der Waals surface area contributed by atoms with Gasteiger partial charge in [-0.2, -0.15) is 0 Å². The summed E-state index contributed by atoms with van der Waals surface area (Å²) < 4.78 is 5.31. The van der Waals surface area contributed by atoms with Crippen LogP contribution in [0.4, 0.5) is 0 Å². The van der Waals surface area contributed by atoms with E-state index in [0.29, 0.717) is 6.61 Å². The summed E-state index contributed by atoms with van der Waals surface area (Å²) >= 11 is 0. The van der Waals surface area contributed by atoms with Gasteiger partial charge in [-0.05, 0) is 42.6 Å². The van der Waals surface area contributed by atoms with E-state index < -0.39 is 6.89 Å². The summed E-state index contributed by atoms with van der Waals surface area (Å²) in [6.07, 6.45) is 8.72. The highest BCUT2D eigenvalue weighted by Gasteiger charge is 2.28. The Bertz CT molecular complexity index is 789. The molecule has 0 aromatic heterocycles. The van der Waals surface area contributed by atoms with E-state index in [2.05, 4.69) is 42.5 Å². The number of benzene rings is 2. The van der Waals surface area contributed by atoms with Crippen molar-refractivity contribution in [2.45, 2.75) is 19.8 Å². The van der Waals surface area contributed by atoms with E-state index in [1.165, 1.54) is 15.9 Å². The summed E-state index contributed by atoms with van der Waals surface area (Å²) in [7, 11) is 0. The second-order valence-electron chi connectivity index (χ2n) is 5.88. The van der Waals surface area contributed by atoms with Gasteiger partial charge in [0.05, 0.1) is 6.61 Å². The van der Waals surface area contributed by atoms with E-state index in [4.69, 9.17) is 4.74 Å². The number of hydrogen-bond donors (Lipinski definition) is 0. The summed E-state index contributed by atoms with van der Waals surface area (Å²) in [5.41, 5.74) is 0. The van der Waals surface area contributed by atoms with Gasteiger partial charge in [0, 0.05) is 5.80 Å². The first-order chi connectivity index (χ1) is 12.3. The van der Waals surface area contributed by atoms with Gasteiger partial charge in [-0.25, -0.2) is 4.79 Å². The van der Waals surface area contributed by atoms with E-state index in [0.717, 1.165) is 12.8 Å². The van der Waals surface area contributed by atoms with Crippen LogP contribution < -0.4 is 10.6 Å². The monoisotopic (exact) mass is 350 g/mol. The van der Waals surface area contributed by atoms with Crippen molar-refractivity contribution in [2.24, 2.45) is 0 Å². The predicted molar refractivity (Wildman–Crippen MR) is 108 cm³/mol. The average molecular weight is 350 g/mol. The van der Waals surface area contributed by atoms with Crippen molar-refractivity contribution in [1.29, 1.82) is 0 Å². The lowest BCUT2D eigenvalue weighted by Gasteiger charge is -2.30. The van der Waals surface area contributed by atoms with Crippen molar-refractivity contribution >= 4 is 29.3 Å². The van der Waals surface area contributed by atoms with Gasteiger partial charge < -0.3 is 4.74 Å². The number of carbonyl (C=O) groups is 1. The predicted octanol–water partition coefficient (Wildman–Crippen LogP) is 4.25. The second kappa shape index (κ2) is 8.18. The number of hydrogen-bond acceptors (Lipinski definition) is 2. The van der Waals surface area contributed by atoms with Crippen LogP contribution in [-0.4, -0.2) is 18.4 Å². The Labute approximate surface area is 149 Å². The normalized spacial score (nSPS) is 13.9. The third-order valence-corrected chi connectivity index (χ3v) is 8.26. The summed E-state index contributed by atoms with van der Waals surface area (Å²) in [6, 6.07) is 20.7. The molecule has 0 unspecified atom stereocenters. The number of carbonyl (C=O) groups excluding carboxylic acids is 1. The summed E-state index contributed by atoms with van der Waals surface area (Å²) in [6.45, 7) is 0.0393. The topological polar surface area (TPSA) is 26.3 Å². The number of esters is 1. The third-order valence-electron chi connectivity index (χ3n) is 4.30. The molecule has 3 rings (SSSR count). The van der Waals surface area contributed by atoms with E-state index in [1.807, 2.05) is 49.1 Å². The second-order valence-corrected chi connectivity index (χ2v) is 9.14. The quantitative estimate of drug-likeness (QED) is 0.595. The fourth-order valence-corrected chi connectivity index (χ4v) is 6.97. The van der Waals surface area contributed by atoms with Gasteiger partial charge in [-0.1, -0.05) is 78.9 Å². The first kappa shape index (κ1) is 17.5. The standard InChI is InChI=1S/C22H23O2P/c1-2-24-22(23)18-25(19-12-6-3-7-13-19,20-14-8-4-9-15-20)21-16-10-5-11-17-21/h3-4,6-10,12-18H,2,5,11H2,1H3. The van der Waals surface area contributed by atoms with Crippen molar-refractivity contribution < 1.29 is 9.53 Å². The Balaban J connectivity index is 2.33. The van der Waals surface area contributed by atoms with Gasteiger partial charge in [0.25, 0.3) is 0 Å². The molecule has 3 heteroatoms. The molecule has 2 nitrogen and oxygen atoms in total. The van der Waals surface area contributed by atoms with E-state index >= 15 is 0 Å². The highest BCUT2D eigenvalue weighted by molar-refractivity contribution is 7.92. The third kappa shape index (κ3) is 3.70. The van der Waals surface area contributed by atoms with Gasteiger partial charge in [-0.3, -0.25) is 0 Å². The Kier molecular flexibility index (Phi) is 5.73. The molecule has 128 valence electrons. The Morgan fingerprint density at radius 1 is 1.00 bits per heavy atom. The van der Waals surface area contributed by atoms with Crippen molar-refractivity contribution in [3.8, 4) is 0 Å². The smallest absolute Gasteiger partial charge is 0.331 e. The molecule has 0 fully saturated rings. The minimum Gasteiger partial charge on any atom is -0.463 e. The minimum absolute atomic E-state index is 0.247. The van der Waals surface area contributed by atoms with Gasteiger partial charge in [0.15, 0.2) is 0 Å². The zero-order valence-electron chi connectivity index (χ0n) is 14.5.